The summed E-state index contributed by atoms with van der Waals surface area (Å²) in [7, 11) is 0. The van der Waals surface area contributed by atoms with E-state index in [0.29, 0.717) is 18.8 Å². The Morgan fingerprint density at radius 3 is 2.62 bits per heavy atom. The molecule has 1 aromatic rings. The van der Waals surface area contributed by atoms with Crippen molar-refractivity contribution in [2.45, 2.75) is 39.0 Å². The molecule has 21 heavy (non-hydrogen) atoms. The van der Waals surface area contributed by atoms with Crippen molar-refractivity contribution in [1.82, 2.24) is 4.90 Å². The number of nitrogens with zero attached hydrogens (tertiary/aromatic N) is 1. The van der Waals surface area contributed by atoms with Crippen molar-refractivity contribution in [3.8, 4) is 0 Å². The van der Waals surface area contributed by atoms with Gasteiger partial charge in [0.2, 0.25) is 5.91 Å². The fourth-order valence-electron chi connectivity index (χ4n) is 2.53. The number of halogens is 2. The molecular formula is C15H20ClFN2O2. The third-order valence-corrected chi connectivity index (χ3v) is 3.88. The van der Waals surface area contributed by atoms with Crippen LogP contribution < -0.4 is 5.32 Å². The lowest BCUT2D eigenvalue weighted by atomic mass is 10.1. The zero-order valence-electron chi connectivity index (χ0n) is 12.4. The van der Waals surface area contributed by atoms with Gasteiger partial charge in [0.15, 0.2) is 0 Å². The molecule has 1 fully saturated rings. The molecule has 0 unspecified atom stereocenters. The van der Waals surface area contributed by atoms with Gasteiger partial charge >= 0.3 is 0 Å². The summed E-state index contributed by atoms with van der Waals surface area (Å²) < 4.78 is 18.7. The van der Waals surface area contributed by atoms with Gasteiger partial charge in [0.1, 0.15) is 5.82 Å². The molecule has 0 aromatic heterocycles. The molecule has 0 radical (unpaired) electrons. The molecule has 0 spiro atoms. The van der Waals surface area contributed by atoms with Gasteiger partial charge in [0, 0.05) is 13.1 Å². The van der Waals surface area contributed by atoms with Crippen LogP contribution >= 0.6 is 11.6 Å². The van der Waals surface area contributed by atoms with Gasteiger partial charge in [-0.25, -0.2) is 4.39 Å². The fraction of sp³-hybridized carbons (Fsp3) is 0.533. The van der Waals surface area contributed by atoms with E-state index >= 15 is 0 Å². The summed E-state index contributed by atoms with van der Waals surface area (Å²) in [6.45, 7) is 7.23. The zero-order chi connectivity index (χ0) is 15.6. The minimum absolute atomic E-state index is 0.0957. The molecule has 1 saturated heterocycles. The lowest BCUT2D eigenvalue weighted by Gasteiger charge is -2.38. The van der Waals surface area contributed by atoms with Crippen LogP contribution in [0.15, 0.2) is 18.2 Å². The first-order valence-corrected chi connectivity index (χ1v) is 7.40. The number of hydrogen-bond donors (Lipinski definition) is 1. The van der Waals surface area contributed by atoms with Crippen molar-refractivity contribution in [2.75, 3.05) is 18.4 Å². The Morgan fingerprint density at radius 2 is 2.05 bits per heavy atom. The molecular weight excluding hydrogens is 295 g/mol. The Balaban J connectivity index is 2.02. The Kier molecular flexibility index (Phi) is 5.19. The van der Waals surface area contributed by atoms with E-state index in [9.17, 15) is 9.18 Å². The molecule has 1 aliphatic rings. The number of morpholine rings is 1. The Bertz CT molecular complexity index is 516. The standard InChI is InChI=1S/C15H20ClFN2O2/c1-9-7-19(8-10(2)21-9)11(3)15(20)18-14-5-4-12(17)6-13(14)16/h4-6,9-11H,7-8H2,1-3H3,(H,18,20)/t9-,10-,11-/m1/s1. The van der Waals surface area contributed by atoms with Crippen molar-refractivity contribution in [1.29, 1.82) is 0 Å². The molecule has 0 aliphatic carbocycles. The number of nitrogens with one attached hydrogen (secondary N) is 1. The number of carbonyl (C=O) groups excluding carboxylic acids is 1. The first-order chi connectivity index (χ1) is 9.86. The van der Waals surface area contributed by atoms with Gasteiger partial charge in [-0.05, 0) is 39.0 Å². The highest BCUT2D eigenvalue weighted by Crippen LogP contribution is 2.23. The normalized spacial score (nSPS) is 24.6. The zero-order valence-corrected chi connectivity index (χ0v) is 13.2. The van der Waals surface area contributed by atoms with Gasteiger partial charge in [-0.3, -0.25) is 9.69 Å². The van der Waals surface area contributed by atoms with Crippen LogP contribution in [-0.4, -0.2) is 42.1 Å². The van der Waals surface area contributed by atoms with E-state index in [1.54, 1.807) is 0 Å². The first kappa shape index (κ1) is 16.2. The summed E-state index contributed by atoms with van der Waals surface area (Å²) in [6, 6.07) is 3.61. The molecule has 116 valence electrons. The molecule has 6 heteroatoms. The Morgan fingerprint density at radius 1 is 1.43 bits per heavy atom. The van der Waals surface area contributed by atoms with Gasteiger partial charge in [0.25, 0.3) is 0 Å². The molecule has 1 heterocycles. The van der Waals surface area contributed by atoms with Crippen LogP contribution in [0.5, 0.6) is 0 Å². The third kappa shape index (κ3) is 4.15. The summed E-state index contributed by atoms with van der Waals surface area (Å²) in [5.74, 6) is -0.591. The number of benzene rings is 1. The maximum absolute atomic E-state index is 13.0. The second-order valence-electron chi connectivity index (χ2n) is 5.50. The van der Waals surface area contributed by atoms with Gasteiger partial charge in [-0.1, -0.05) is 11.6 Å². The summed E-state index contributed by atoms with van der Waals surface area (Å²) in [5.41, 5.74) is 0.421. The summed E-state index contributed by atoms with van der Waals surface area (Å²) in [4.78, 5) is 14.4. The highest BCUT2D eigenvalue weighted by molar-refractivity contribution is 6.33. The molecule has 1 amide bonds. The lowest BCUT2D eigenvalue weighted by Crippen LogP contribution is -2.52. The Hall–Kier alpha value is -1.17. The monoisotopic (exact) mass is 314 g/mol. The van der Waals surface area contributed by atoms with Crippen molar-refractivity contribution in [3.05, 3.63) is 29.0 Å². The van der Waals surface area contributed by atoms with Crippen LogP contribution in [0.25, 0.3) is 0 Å². The van der Waals surface area contributed by atoms with Crippen LogP contribution in [0, 0.1) is 5.82 Å². The largest absolute Gasteiger partial charge is 0.373 e. The van der Waals surface area contributed by atoms with E-state index in [2.05, 4.69) is 10.2 Å². The molecule has 1 N–H and O–H groups in total. The van der Waals surface area contributed by atoms with Crippen LogP contribution in [0.2, 0.25) is 5.02 Å². The lowest BCUT2D eigenvalue weighted by molar-refractivity contribution is -0.126. The molecule has 2 rings (SSSR count). The van der Waals surface area contributed by atoms with E-state index in [0.717, 1.165) is 0 Å². The third-order valence-electron chi connectivity index (χ3n) is 3.56. The van der Waals surface area contributed by atoms with E-state index < -0.39 is 5.82 Å². The number of hydrogen-bond acceptors (Lipinski definition) is 3. The van der Waals surface area contributed by atoms with Crippen molar-refractivity contribution < 1.29 is 13.9 Å². The Labute approximate surface area is 129 Å². The minimum Gasteiger partial charge on any atom is -0.373 e. The fourth-order valence-corrected chi connectivity index (χ4v) is 2.74. The van der Waals surface area contributed by atoms with Crippen LogP contribution in [0.3, 0.4) is 0 Å². The van der Waals surface area contributed by atoms with Gasteiger partial charge in [-0.2, -0.15) is 0 Å². The van der Waals surface area contributed by atoms with E-state index in [1.165, 1.54) is 18.2 Å². The molecule has 3 atom stereocenters. The van der Waals surface area contributed by atoms with Gasteiger partial charge in [0.05, 0.1) is 29.0 Å². The first-order valence-electron chi connectivity index (χ1n) is 7.02. The van der Waals surface area contributed by atoms with Crippen molar-refractivity contribution in [3.63, 3.8) is 0 Å². The average molecular weight is 315 g/mol. The van der Waals surface area contributed by atoms with Crippen LogP contribution in [0.4, 0.5) is 10.1 Å². The number of ether oxygens (including phenoxy) is 1. The number of anilines is 1. The topological polar surface area (TPSA) is 41.6 Å². The maximum Gasteiger partial charge on any atom is 0.241 e. The van der Waals surface area contributed by atoms with Gasteiger partial charge < -0.3 is 10.1 Å². The number of rotatable bonds is 3. The van der Waals surface area contributed by atoms with Crippen LogP contribution in [-0.2, 0) is 9.53 Å². The summed E-state index contributed by atoms with van der Waals surface area (Å²) in [6.07, 6.45) is 0.191. The second kappa shape index (κ2) is 6.73. The SMILES string of the molecule is C[C@@H]1CN([C@H](C)C(=O)Nc2ccc(F)cc2Cl)C[C@@H](C)O1. The highest BCUT2D eigenvalue weighted by atomic mass is 35.5. The molecule has 1 aromatic carbocycles. The van der Waals surface area contributed by atoms with Crippen LogP contribution in [0.1, 0.15) is 20.8 Å². The highest BCUT2D eigenvalue weighted by Gasteiger charge is 2.29. The van der Waals surface area contributed by atoms with E-state index in [-0.39, 0.29) is 29.2 Å². The van der Waals surface area contributed by atoms with Crippen molar-refractivity contribution >= 4 is 23.2 Å². The molecule has 4 nitrogen and oxygen atoms in total. The second-order valence-corrected chi connectivity index (χ2v) is 5.91. The quantitative estimate of drug-likeness (QED) is 0.932. The minimum atomic E-state index is -0.429. The molecule has 0 saturated carbocycles. The predicted octanol–water partition coefficient (Wildman–Crippen LogP) is 2.92. The smallest absolute Gasteiger partial charge is 0.241 e. The molecule has 1 aliphatic heterocycles. The number of amides is 1. The number of carbonyl (C=O) groups is 1. The average Bonchev–Trinajstić information content (AvgIpc) is 2.40. The van der Waals surface area contributed by atoms with E-state index in [4.69, 9.17) is 16.3 Å². The molecule has 0 bridgehead atoms. The van der Waals surface area contributed by atoms with E-state index in [1.807, 2.05) is 20.8 Å². The van der Waals surface area contributed by atoms with Crippen molar-refractivity contribution in [2.24, 2.45) is 0 Å². The predicted molar refractivity (Wildman–Crippen MR) is 81.1 cm³/mol. The summed E-state index contributed by atoms with van der Waals surface area (Å²) in [5, 5.41) is 2.94. The summed E-state index contributed by atoms with van der Waals surface area (Å²) >= 11 is 5.92. The van der Waals surface area contributed by atoms with Gasteiger partial charge in [-0.15, -0.1) is 0 Å². The maximum atomic E-state index is 13.0.